The van der Waals surface area contributed by atoms with Crippen LogP contribution in [0.2, 0.25) is 0 Å². The van der Waals surface area contributed by atoms with Crippen LogP contribution in [0.25, 0.3) is 0 Å². The van der Waals surface area contributed by atoms with Gasteiger partial charge >= 0.3 is 12.1 Å². The normalized spacial score (nSPS) is 11.0. The van der Waals surface area contributed by atoms with Crippen molar-refractivity contribution in [2.45, 2.75) is 6.18 Å². The smallest absolute Gasteiger partial charge is 0.471 e. The highest BCUT2D eigenvalue weighted by Gasteiger charge is 2.39. The quantitative estimate of drug-likeness (QED) is 0.769. The highest BCUT2D eigenvalue weighted by atomic mass is 19.4. The third-order valence-corrected chi connectivity index (χ3v) is 1.71. The van der Waals surface area contributed by atoms with Crippen molar-refractivity contribution in [1.82, 2.24) is 0 Å². The number of halogens is 3. The van der Waals surface area contributed by atoms with Crippen LogP contribution in [0.3, 0.4) is 0 Å². The minimum Gasteiger partial charge on any atom is -0.506 e. The van der Waals surface area contributed by atoms with E-state index >= 15 is 0 Å². The fourth-order valence-electron chi connectivity index (χ4n) is 0.937. The summed E-state index contributed by atoms with van der Waals surface area (Å²) in [6.07, 6.45) is -4.99. The molecule has 0 aliphatic rings. The van der Waals surface area contributed by atoms with E-state index in [9.17, 15) is 23.1 Å². The second kappa shape index (κ2) is 4.30. The van der Waals surface area contributed by atoms with Gasteiger partial charge in [-0.15, -0.1) is 0 Å². The summed E-state index contributed by atoms with van der Waals surface area (Å²) in [5.41, 5.74) is -0.330. The van der Waals surface area contributed by atoms with Crippen molar-refractivity contribution in [2.24, 2.45) is 0 Å². The molecular weight excluding hydrogens is 227 g/mol. The predicted molar refractivity (Wildman–Crippen MR) is 49.3 cm³/mol. The second-order valence-electron chi connectivity index (χ2n) is 2.83. The molecule has 0 unspecified atom stereocenters. The van der Waals surface area contributed by atoms with Gasteiger partial charge in [0.05, 0.1) is 12.8 Å². The zero-order chi connectivity index (χ0) is 12.3. The fourth-order valence-corrected chi connectivity index (χ4v) is 0.937. The molecule has 0 saturated heterocycles. The molecule has 0 bridgehead atoms. The number of carbonyl (C=O) groups is 1. The number of benzene rings is 1. The van der Waals surface area contributed by atoms with Gasteiger partial charge in [-0.1, -0.05) is 0 Å². The SMILES string of the molecule is COc1ccc(NC(=O)C(F)(F)F)c(O)c1. The summed E-state index contributed by atoms with van der Waals surface area (Å²) in [5, 5.41) is 10.8. The topological polar surface area (TPSA) is 58.6 Å². The first kappa shape index (κ1) is 12.2. The van der Waals surface area contributed by atoms with Crippen LogP contribution in [0.15, 0.2) is 18.2 Å². The van der Waals surface area contributed by atoms with E-state index < -0.39 is 17.8 Å². The van der Waals surface area contributed by atoms with Gasteiger partial charge in [0, 0.05) is 6.07 Å². The van der Waals surface area contributed by atoms with Crippen molar-refractivity contribution in [3.8, 4) is 11.5 Å². The molecule has 7 heteroatoms. The maximum absolute atomic E-state index is 11.9. The van der Waals surface area contributed by atoms with Crippen LogP contribution in [0.1, 0.15) is 0 Å². The lowest BCUT2D eigenvalue weighted by molar-refractivity contribution is -0.167. The van der Waals surface area contributed by atoms with Crippen LogP contribution in [-0.4, -0.2) is 24.3 Å². The third kappa shape index (κ3) is 2.78. The molecule has 0 atom stereocenters. The molecule has 88 valence electrons. The van der Waals surface area contributed by atoms with E-state index in [0.29, 0.717) is 0 Å². The van der Waals surface area contributed by atoms with Crippen LogP contribution in [0, 0.1) is 0 Å². The van der Waals surface area contributed by atoms with Crippen LogP contribution in [-0.2, 0) is 4.79 Å². The summed E-state index contributed by atoms with van der Waals surface area (Å²) in [4.78, 5) is 10.6. The van der Waals surface area contributed by atoms with Gasteiger partial charge in [-0.05, 0) is 12.1 Å². The number of ether oxygens (including phenoxy) is 1. The Balaban J connectivity index is 2.87. The number of methoxy groups -OCH3 is 1. The predicted octanol–water partition coefficient (Wildman–Crippen LogP) is 1.90. The Bertz CT molecular complexity index is 403. The highest BCUT2D eigenvalue weighted by Crippen LogP contribution is 2.29. The maximum Gasteiger partial charge on any atom is 0.471 e. The number of alkyl halides is 3. The Morgan fingerprint density at radius 1 is 1.44 bits per heavy atom. The molecule has 0 aromatic heterocycles. The molecule has 1 amide bonds. The van der Waals surface area contributed by atoms with Crippen molar-refractivity contribution in [3.63, 3.8) is 0 Å². The van der Waals surface area contributed by atoms with Gasteiger partial charge in [-0.3, -0.25) is 4.79 Å². The van der Waals surface area contributed by atoms with Gasteiger partial charge in [0.15, 0.2) is 0 Å². The molecule has 0 saturated carbocycles. The molecule has 0 radical (unpaired) electrons. The molecule has 1 aromatic rings. The average Bonchev–Trinajstić information content (AvgIpc) is 2.19. The van der Waals surface area contributed by atoms with E-state index in [1.54, 1.807) is 0 Å². The van der Waals surface area contributed by atoms with Gasteiger partial charge in [0.2, 0.25) is 0 Å². The summed E-state index contributed by atoms with van der Waals surface area (Å²) in [5.74, 6) is -2.38. The Hall–Kier alpha value is -1.92. The van der Waals surface area contributed by atoms with Crippen LogP contribution in [0.5, 0.6) is 11.5 Å². The molecule has 4 nitrogen and oxygen atoms in total. The molecule has 1 rings (SSSR count). The lowest BCUT2D eigenvalue weighted by atomic mass is 10.2. The number of aromatic hydroxyl groups is 1. The third-order valence-electron chi connectivity index (χ3n) is 1.71. The largest absolute Gasteiger partial charge is 0.506 e. The number of nitrogens with one attached hydrogen (secondary N) is 1. The number of hydrogen-bond acceptors (Lipinski definition) is 3. The van der Waals surface area contributed by atoms with Gasteiger partial charge in [-0.2, -0.15) is 13.2 Å². The Kier molecular flexibility index (Phi) is 3.26. The lowest BCUT2D eigenvalue weighted by Crippen LogP contribution is -2.29. The molecule has 0 aliphatic heterocycles. The highest BCUT2D eigenvalue weighted by molar-refractivity contribution is 5.96. The number of amides is 1. The zero-order valence-electron chi connectivity index (χ0n) is 8.13. The Labute approximate surface area is 88.6 Å². The van der Waals surface area contributed by atoms with E-state index in [1.165, 1.54) is 18.5 Å². The first-order valence-corrected chi connectivity index (χ1v) is 4.10. The number of phenolic OH excluding ortho intramolecular Hbond substituents is 1. The molecule has 0 aliphatic carbocycles. The molecule has 16 heavy (non-hydrogen) atoms. The molecule has 2 N–H and O–H groups in total. The van der Waals surface area contributed by atoms with E-state index in [4.69, 9.17) is 4.74 Å². The standard InChI is InChI=1S/C9H8F3NO3/c1-16-5-2-3-6(7(14)4-5)13-8(15)9(10,11)12/h2-4,14H,1H3,(H,13,15). The molecule has 1 aromatic carbocycles. The number of rotatable bonds is 2. The Morgan fingerprint density at radius 3 is 2.50 bits per heavy atom. The number of anilines is 1. The fraction of sp³-hybridized carbons (Fsp3) is 0.222. The summed E-state index contributed by atoms with van der Waals surface area (Å²) >= 11 is 0. The molecule has 0 fully saturated rings. The van der Waals surface area contributed by atoms with Crippen LogP contribution in [0.4, 0.5) is 18.9 Å². The first-order chi connectivity index (χ1) is 7.34. The summed E-state index contributed by atoms with van der Waals surface area (Å²) in [6, 6.07) is 3.51. The molecular formula is C9H8F3NO3. The minimum absolute atomic E-state index is 0.266. The number of hydrogen-bond donors (Lipinski definition) is 2. The first-order valence-electron chi connectivity index (χ1n) is 4.10. The second-order valence-corrected chi connectivity index (χ2v) is 2.83. The van der Waals surface area contributed by atoms with E-state index in [1.807, 2.05) is 0 Å². The van der Waals surface area contributed by atoms with Crippen molar-refractivity contribution in [2.75, 3.05) is 12.4 Å². The van der Waals surface area contributed by atoms with Gasteiger partial charge in [0.25, 0.3) is 0 Å². The van der Waals surface area contributed by atoms with Crippen molar-refractivity contribution in [1.29, 1.82) is 0 Å². The monoisotopic (exact) mass is 235 g/mol. The average molecular weight is 235 g/mol. The minimum atomic E-state index is -4.99. The summed E-state index contributed by atoms with van der Waals surface area (Å²) < 4.78 is 40.4. The lowest BCUT2D eigenvalue weighted by Gasteiger charge is -2.10. The number of phenols is 1. The molecule has 0 spiro atoms. The van der Waals surface area contributed by atoms with E-state index in [-0.39, 0.29) is 11.4 Å². The van der Waals surface area contributed by atoms with Crippen LogP contribution >= 0.6 is 0 Å². The van der Waals surface area contributed by atoms with E-state index in [0.717, 1.165) is 12.1 Å². The van der Waals surface area contributed by atoms with Gasteiger partial charge in [0.1, 0.15) is 11.5 Å². The van der Waals surface area contributed by atoms with Crippen molar-refractivity contribution < 1.29 is 27.8 Å². The van der Waals surface area contributed by atoms with E-state index in [2.05, 4.69) is 0 Å². The summed E-state index contributed by atoms with van der Waals surface area (Å²) in [6.45, 7) is 0. The van der Waals surface area contributed by atoms with Crippen LogP contribution < -0.4 is 10.1 Å². The summed E-state index contributed by atoms with van der Waals surface area (Å²) in [7, 11) is 1.34. The van der Waals surface area contributed by atoms with Gasteiger partial charge < -0.3 is 15.2 Å². The Morgan fingerprint density at radius 2 is 2.06 bits per heavy atom. The maximum atomic E-state index is 11.9. The molecule has 0 heterocycles. The van der Waals surface area contributed by atoms with Gasteiger partial charge in [-0.25, -0.2) is 0 Å². The zero-order valence-corrected chi connectivity index (χ0v) is 8.13. The van der Waals surface area contributed by atoms with Crippen molar-refractivity contribution in [3.05, 3.63) is 18.2 Å². The van der Waals surface area contributed by atoms with Crippen molar-refractivity contribution >= 4 is 11.6 Å². The number of carbonyl (C=O) groups excluding carboxylic acids is 1.